The van der Waals surface area contributed by atoms with E-state index in [1.165, 1.54) is 12.8 Å². The van der Waals surface area contributed by atoms with E-state index in [2.05, 4.69) is 19.5 Å². The Bertz CT molecular complexity index is 694. The Morgan fingerprint density at radius 2 is 2.10 bits per heavy atom. The topological polar surface area (TPSA) is 84.1 Å². The number of carbonyl (C=O) groups is 1. The zero-order chi connectivity index (χ0) is 14.4. The maximum atomic E-state index is 11.2. The predicted octanol–water partition coefficient (Wildman–Crippen LogP) is 1.46. The zero-order valence-electron chi connectivity index (χ0n) is 11.6. The van der Waals surface area contributed by atoms with Gasteiger partial charge in [0.2, 0.25) is 0 Å². The first kappa shape index (κ1) is 12.6. The standard InChI is InChI=1S/C14H17N5O2/c20-14(21)9-2-1-5-18(6-9)12-11-13(16-7-15-12)19(8-17-11)10-3-4-10/h7-10H,1-6H2,(H,20,21). The molecule has 0 amide bonds. The van der Waals surface area contributed by atoms with Gasteiger partial charge < -0.3 is 14.6 Å². The average molecular weight is 287 g/mol. The maximum Gasteiger partial charge on any atom is 0.308 e. The number of hydrogen-bond acceptors (Lipinski definition) is 5. The van der Waals surface area contributed by atoms with Crippen LogP contribution < -0.4 is 4.90 Å². The van der Waals surface area contributed by atoms with Crippen molar-refractivity contribution in [3.8, 4) is 0 Å². The van der Waals surface area contributed by atoms with Crippen LogP contribution in [0.1, 0.15) is 31.7 Å². The van der Waals surface area contributed by atoms with E-state index < -0.39 is 5.97 Å². The van der Waals surface area contributed by atoms with Gasteiger partial charge in [0, 0.05) is 19.1 Å². The zero-order valence-corrected chi connectivity index (χ0v) is 11.6. The molecule has 7 heteroatoms. The van der Waals surface area contributed by atoms with Crippen LogP contribution in [0.15, 0.2) is 12.7 Å². The number of imidazole rings is 1. The van der Waals surface area contributed by atoms with Crippen molar-refractivity contribution in [3.05, 3.63) is 12.7 Å². The number of aliphatic carboxylic acids is 1. The first-order valence-corrected chi connectivity index (χ1v) is 7.39. The summed E-state index contributed by atoms with van der Waals surface area (Å²) in [5, 5.41) is 9.22. The van der Waals surface area contributed by atoms with Crippen LogP contribution in [0.3, 0.4) is 0 Å². The van der Waals surface area contributed by atoms with Crippen LogP contribution in [-0.4, -0.2) is 43.7 Å². The number of aromatic nitrogens is 4. The molecule has 4 rings (SSSR count). The molecule has 7 nitrogen and oxygen atoms in total. The summed E-state index contributed by atoms with van der Waals surface area (Å²) in [5.41, 5.74) is 1.65. The Labute approximate surface area is 121 Å². The van der Waals surface area contributed by atoms with Crippen molar-refractivity contribution in [3.63, 3.8) is 0 Å². The number of piperidine rings is 1. The molecule has 2 aliphatic rings. The molecule has 0 aromatic carbocycles. The van der Waals surface area contributed by atoms with E-state index >= 15 is 0 Å². The third kappa shape index (κ3) is 2.12. The predicted molar refractivity (Wildman–Crippen MR) is 76.2 cm³/mol. The van der Waals surface area contributed by atoms with Gasteiger partial charge in [-0.25, -0.2) is 15.0 Å². The van der Waals surface area contributed by atoms with Crippen molar-refractivity contribution in [2.24, 2.45) is 5.92 Å². The van der Waals surface area contributed by atoms with Crippen LogP contribution in [0.4, 0.5) is 5.82 Å². The average Bonchev–Trinajstić information content (AvgIpc) is 3.26. The van der Waals surface area contributed by atoms with Crippen molar-refractivity contribution in [1.29, 1.82) is 0 Å². The SMILES string of the molecule is O=C(O)C1CCCN(c2ncnc3c2ncn3C2CC2)C1. The Hall–Kier alpha value is -2.18. The van der Waals surface area contributed by atoms with E-state index in [1.54, 1.807) is 6.33 Å². The first-order valence-electron chi connectivity index (χ1n) is 7.39. The highest BCUT2D eigenvalue weighted by atomic mass is 16.4. The molecule has 110 valence electrons. The van der Waals surface area contributed by atoms with Crippen LogP contribution >= 0.6 is 0 Å². The fraction of sp³-hybridized carbons (Fsp3) is 0.571. The van der Waals surface area contributed by atoms with E-state index in [0.29, 0.717) is 12.6 Å². The molecular weight excluding hydrogens is 270 g/mol. The Balaban J connectivity index is 1.71. The third-order valence-electron chi connectivity index (χ3n) is 4.35. The highest BCUT2D eigenvalue weighted by Crippen LogP contribution is 2.37. The number of fused-ring (bicyclic) bond motifs is 1. The molecule has 2 aromatic heterocycles. The van der Waals surface area contributed by atoms with Crippen molar-refractivity contribution in [1.82, 2.24) is 19.5 Å². The van der Waals surface area contributed by atoms with Gasteiger partial charge in [-0.15, -0.1) is 0 Å². The maximum absolute atomic E-state index is 11.2. The number of nitrogens with zero attached hydrogens (tertiary/aromatic N) is 5. The molecule has 1 aliphatic heterocycles. The monoisotopic (exact) mass is 287 g/mol. The smallest absolute Gasteiger partial charge is 0.308 e. The quantitative estimate of drug-likeness (QED) is 0.920. The lowest BCUT2D eigenvalue weighted by atomic mass is 9.98. The van der Waals surface area contributed by atoms with Crippen LogP contribution in [0, 0.1) is 5.92 Å². The summed E-state index contributed by atoms with van der Waals surface area (Å²) in [6.45, 7) is 1.32. The lowest BCUT2D eigenvalue weighted by Crippen LogP contribution is -2.39. The minimum Gasteiger partial charge on any atom is -0.481 e. The fourth-order valence-electron chi connectivity index (χ4n) is 3.06. The Morgan fingerprint density at radius 1 is 1.24 bits per heavy atom. The lowest BCUT2D eigenvalue weighted by Gasteiger charge is -2.31. The summed E-state index contributed by atoms with van der Waals surface area (Å²) in [4.78, 5) is 26.5. The molecule has 1 unspecified atom stereocenters. The molecule has 1 aliphatic carbocycles. The fourth-order valence-corrected chi connectivity index (χ4v) is 3.06. The van der Waals surface area contributed by atoms with Gasteiger partial charge >= 0.3 is 5.97 Å². The van der Waals surface area contributed by atoms with E-state index in [0.717, 1.165) is 36.4 Å². The molecule has 1 saturated carbocycles. The molecule has 0 bridgehead atoms. The summed E-state index contributed by atoms with van der Waals surface area (Å²) in [6, 6.07) is 0.519. The second-order valence-corrected chi connectivity index (χ2v) is 5.88. The number of hydrogen-bond donors (Lipinski definition) is 1. The van der Waals surface area contributed by atoms with E-state index in [1.807, 2.05) is 11.2 Å². The van der Waals surface area contributed by atoms with Crippen LogP contribution in [-0.2, 0) is 4.79 Å². The molecule has 3 heterocycles. The van der Waals surface area contributed by atoms with Crippen molar-refractivity contribution >= 4 is 23.0 Å². The molecule has 1 saturated heterocycles. The van der Waals surface area contributed by atoms with Gasteiger partial charge in [-0.2, -0.15) is 0 Å². The summed E-state index contributed by atoms with van der Waals surface area (Å²) in [6.07, 6.45) is 7.34. The largest absolute Gasteiger partial charge is 0.481 e. The van der Waals surface area contributed by atoms with Crippen LogP contribution in [0.2, 0.25) is 0 Å². The molecule has 2 aromatic rings. The van der Waals surface area contributed by atoms with Crippen molar-refractivity contribution in [2.75, 3.05) is 18.0 Å². The van der Waals surface area contributed by atoms with Crippen molar-refractivity contribution < 1.29 is 9.90 Å². The second kappa shape index (κ2) is 4.68. The summed E-state index contributed by atoms with van der Waals surface area (Å²) < 4.78 is 2.11. The minimum atomic E-state index is -0.728. The van der Waals surface area contributed by atoms with Gasteiger partial charge in [0.25, 0.3) is 0 Å². The number of carboxylic acid groups (broad SMARTS) is 1. The number of carboxylic acids is 1. The summed E-state index contributed by atoms with van der Waals surface area (Å²) in [5.74, 6) is -0.284. The Morgan fingerprint density at radius 3 is 2.86 bits per heavy atom. The highest BCUT2D eigenvalue weighted by Gasteiger charge is 2.30. The first-order chi connectivity index (χ1) is 10.2. The highest BCUT2D eigenvalue weighted by molar-refractivity contribution is 5.84. The molecule has 21 heavy (non-hydrogen) atoms. The normalized spacial score (nSPS) is 22.7. The number of anilines is 1. The molecule has 1 atom stereocenters. The molecule has 0 radical (unpaired) electrons. The van der Waals surface area contributed by atoms with Crippen LogP contribution in [0.5, 0.6) is 0 Å². The summed E-state index contributed by atoms with van der Waals surface area (Å²) in [7, 11) is 0. The lowest BCUT2D eigenvalue weighted by molar-refractivity contribution is -0.141. The second-order valence-electron chi connectivity index (χ2n) is 5.88. The third-order valence-corrected chi connectivity index (χ3v) is 4.35. The van der Waals surface area contributed by atoms with Gasteiger partial charge in [-0.1, -0.05) is 0 Å². The van der Waals surface area contributed by atoms with Gasteiger partial charge in [-0.3, -0.25) is 4.79 Å². The molecule has 1 N–H and O–H groups in total. The van der Waals surface area contributed by atoms with E-state index in [4.69, 9.17) is 0 Å². The molecule has 0 spiro atoms. The minimum absolute atomic E-state index is 0.325. The molecular formula is C14H17N5O2. The van der Waals surface area contributed by atoms with Gasteiger partial charge in [0.05, 0.1) is 12.2 Å². The summed E-state index contributed by atoms with van der Waals surface area (Å²) >= 11 is 0. The van der Waals surface area contributed by atoms with E-state index in [9.17, 15) is 9.90 Å². The van der Waals surface area contributed by atoms with Gasteiger partial charge in [0.1, 0.15) is 6.33 Å². The Kier molecular flexibility index (Phi) is 2.80. The van der Waals surface area contributed by atoms with Gasteiger partial charge in [0.15, 0.2) is 17.0 Å². The van der Waals surface area contributed by atoms with Gasteiger partial charge in [-0.05, 0) is 25.7 Å². The molecule has 2 fully saturated rings. The van der Waals surface area contributed by atoms with Crippen molar-refractivity contribution in [2.45, 2.75) is 31.7 Å². The number of rotatable bonds is 3. The van der Waals surface area contributed by atoms with E-state index in [-0.39, 0.29) is 5.92 Å². The van der Waals surface area contributed by atoms with Crippen LogP contribution in [0.25, 0.3) is 11.2 Å².